The number of hydrogen-bond donors (Lipinski definition) is 3. The van der Waals surface area contributed by atoms with Crippen molar-refractivity contribution in [2.75, 3.05) is 6.61 Å². The number of phenolic OH excluding ortho intramolecular Hbond substituents is 1. The number of ether oxygens (including phenoxy) is 1. The van der Waals surface area contributed by atoms with E-state index in [2.05, 4.69) is 0 Å². The molecule has 0 aromatic heterocycles. The van der Waals surface area contributed by atoms with Gasteiger partial charge >= 0.3 is 0 Å². The van der Waals surface area contributed by atoms with Gasteiger partial charge in [0.1, 0.15) is 0 Å². The lowest BCUT2D eigenvalue weighted by Gasteiger charge is -2.43. The minimum Gasteiger partial charge on any atom is -0.504 e. The molecular formula is C22H22N2O8. The molecule has 2 aliphatic heterocycles. The molecule has 2 heterocycles. The van der Waals surface area contributed by atoms with Crippen LogP contribution in [0.4, 0.5) is 0 Å². The van der Waals surface area contributed by atoms with Crippen LogP contribution in [0.15, 0.2) is 29.8 Å². The van der Waals surface area contributed by atoms with Crippen LogP contribution in [0.3, 0.4) is 0 Å². The van der Waals surface area contributed by atoms with Crippen molar-refractivity contribution < 1.29 is 39.4 Å². The summed E-state index contributed by atoms with van der Waals surface area (Å²) in [5, 5.41) is 30.4. The van der Waals surface area contributed by atoms with Crippen molar-refractivity contribution in [1.82, 2.24) is 10.1 Å². The average Bonchev–Trinajstić information content (AvgIpc) is 3.14. The Bertz CT molecular complexity index is 1080. The molecule has 10 heteroatoms. The first-order valence-electron chi connectivity index (χ1n) is 10.5. The first-order chi connectivity index (χ1) is 15.3. The topological polar surface area (TPSA) is 145 Å². The summed E-state index contributed by atoms with van der Waals surface area (Å²) >= 11 is 0. The van der Waals surface area contributed by atoms with E-state index >= 15 is 0 Å². The Morgan fingerprint density at radius 1 is 0.938 bits per heavy atom. The maximum absolute atomic E-state index is 12.9. The number of rotatable bonds is 3. The molecule has 0 radical (unpaired) electrons. The Hall–Kier alpha value is -3.24. The number of amides is 4. The van der Waals surface area contributed by atoms with Crippen molar-refractivity contribution in [2.24, 2.45) is 29.6 Å². The number of aromatic hydroxyl groups is 1. The molecule has 5 rings (SSSR count). The number of carbonyl (C=O) groups is 4. The summed E-state index contributed by atoms with van der Waals surface area (Å²) < 4.78 is 5.48. The second-order valence-electron chi connectivity index (χ2n) is 8.66. The van der Waals surface area contributed by atoms with Gasteiger partial charge in [0.2, 0.25) is 0 Å². The number of carbonyl (C=O) groups excluding carboxylic acids is 4. The van der Waals surface area contributed by atoms with E-state index < -0.39 is 59.1 Å². The van der Waals surface area contributed by atoms with Gasteiger partial charge in [0.25, 0.3) is 23.6 Å². The summed E-state index contributed by atoms with van der Waals surface area (Å²) in [6, 6.07) is 4.64. The van der Waals surface area contributed by atoms with Crippen molar-refractivity contribution >= 4 is 23.6 Å². The predicted octanol–water partition coefficient (Wildman–Crippen LogP) is 1.21. The lowest BCUT2D eigenvalue weighted by atomic mass is 9.57. The molecule has 6 atom stereocenters. The van der Waals surface area contributed by atoms with Gasteiger partial charge in [-0.3, -0.25) is 29.6 Å². The second-order valence-corrected chi connectivity index (χ2v) is 8.66. The lowest BCUT2D eigenvalue weighted by molar-refractivity contribution is -0.174. The number of fused-ring (bicyclic) bond motifs is 4. The van der Waals surface area contributed by atoms with Gasteiger partial charge in [-0.05, 0) is 43.4 Å². The normalized spacial score (nSPS) is 33.8. The molecule has 1 aromatic rings. The fraction of sp³-hybridized carbons (Fsp3) is 0.455. The molecule has 6 unspecified atom stereocenters. The molecule has 1 aromatic carbocycles. The molecule has 2 saturated heterocycles. The van der Waals surface area contributed by atoms with Crippen LogP contribution in [0.25, 0.3) is 0 Å². The highest BCUT2D eigenvalue weighted by atomic mass is 16.5. The first-order valence-corrected chi connectivity index (χ1v) is 10.5. The van der Waals surface area contributed by atoms with Crippen molar-refractivity contribution in [2.45, 2.75) is 25.7 Å². The van der Waals surface area contributed by atoms with Crippen molar-refractivity contribution in [3.63, 3.8) is 0 Å². The van der Waals surface area contributed by atoms with Crippen LogP contribution in [-0.4, -0.2) is 55.9 Å². The highest BCUT2D eigenvalue weighted by Gasteiger charge is 2.62. The van der Waals surface area contributed by atoms with Crippen molar-refractivity contribution in [3.8, 4) is 11.5 Å². The molecule has 1 saturated carbocycles. The number of imide groups is 2. The maximum Gasteiger partial charge on any atom is 0.258 e. The summed E-state index contributed by atoms with van der Waals surface area (Å²) in [4.78, 5) is 50.6. The zero-order valence-electron chi connectivity index (χ0n) is 17.2. The van der Waals surface area contributed by atoms with E-state index in [4.69, 9.17) is 4.74 Å². The molecule has 10 nitrogen and oxygen atoms in total. The standard InChI is InChI=1S/C22H22N2O8/c1-2-32-15-7-9(3-6-14(15)25)16-10-4-5-11-17(21(28)23(30)19(11)26)12(10)8-13-18(16)22(29)24(31)20(13)27/h3-4,6-7,11-13,16-18,25,30-31H,2,5,8H2,1H3. The van der Waals surface area contributed by atoms with Crippen molar-refractivity contribution in [1.29, 1.82) is 0 Å². The molecule has 0 bridgehead atoms. The van der Waals surface area contributed by atoms with E-state index in [-0.39, 0.29) is 34.5 Å². The van der Waals surface area contributed by atoms with Crippen LogP contribution in [-0.2, 0) is 19.2 Å². The molecule has 4 amide bonds. The SMILES string of the molecule is CCOc1cc(C2C3=CCC4C(=O)N(O)C(=O)C4C3CC3C(=O)N(O)C(=O)C32)ccc1O. The van der Waals surface area contributed by atoms with Gasteiger partial charge in [0.15, 0.2) is 11.5 Å². The largest absolute Gasteiger partial charge is 0.504 e. The quantitative estimate of drug-likeness (QED) is 0.360. The first kappa shape index (κ1) is 20.7. The zero-order valence-corrected chi connectivity index (χ0v) is 17.2. The monoisotopic (exact) mass is 442 g/mol. The van der Waals surface area contributed by atoms with Gasteiger partial charge in [-0.2, -0.15) is 10.1 Å². The molecule has 3 N–H and O–H groups in total. The van der Waals surface area contributed by atoms with Crippen LogP contribution < -0.4 is 4.74 Å². The molecule has 0 spiro atoms. The highest BCUT2D eigenvalue weighted by Crippen LogP contribution is 2.57. The van der Waals surface area contributed by atoms with Crippen LogP contribution >= 0.6 is 0 Å². The van der Waals surface area contributed by atoms with E-state index in [1.807, 2.05) is 6.08 Å². The number of allylic oxidation sites excluding steroid dienone is 2. The minimum absolute atomic E-state index is 0.0812. The van der Waals surface area contributed by atoms with Crippen LogP contribution in [0.1, 0.15) is 31.2 Å². The highest BCUT2D eigenvalue weighted by molar-refractivity contribution is 6.06. The molecule has 32 heavy (non-hydrogen) atoms. The number of hydrogen-bond acceptors (Lipinski definition) is 8. The summed E-state index contributed by atoms with van der Waals surface area (Å²) in [6.45, 7) is 2.06. The van der Waals surface area contributed by atoms with E-state index in [0.717, 1.165) is 0 Å². The van der Waals surface area contributed by atoms with E-state index in [9.17, 15) is 34.7 Å². The van der Waals surface area contributed by atoms with Crippen LogP contribution in [0.5, 0.6) is 11.5 Å². The van der Waals surface area contributed by atoms with Crippen molar-refractivity contribution in [3.05, 3.63) is 35.4 Å². The summed E-state index contributed by atoms with van der Waals surface area (Å²) in [6.07, 6.45) is 2.13. The molecule has 4 aliphatic rings. The Labute approximate surface area is 182 Å². The molecule has 2 aliphatic carbocycles. The number of hydroxylamine groups is 4. The maximum atomic E-state index is 12.9. The Kier molecular flexibility index (Phi) is 4.61. The Morgan fingerprint density at radius 3 is 2.28 bits per heavy atom. The van der Waals surface area contributed by atoms with E-state index in [1.54, 1.807) is 19.1 Å². The molecule has 168 valence electrons. The number of nitrogens with zero attached hydrogens (tertiary/aromatic N) is 2. The third-order valence-electron chi connectivity index (χ3n) is 7.24. The minimum atomic E-state index is -0.886. The summed E-state index contributed by atoms with van der Waals surface area (Å²) in [5.74, 6) is -7.27. The fourth-order valence-corrected chi connectivity index (χ4v) is 5.93. The third kappa shape index (κ3) is 2.66. The summed E-state index contributed by atoms with van der Waals surface area (Å²) in [7, 11) is 0. The molecular weight excluding hydrogens is 420 g/mol. The summed E-state index contributed by atoms with van der Waals surface area (Å²) in [5.41, 5.74) is 1.30. The molecule has 3 fully saturated rings. The van der Waals surface area contributed by atoms with Gasteiger partial charge in [-0.25, -0.2) is 0 Å². The lowest BCUT2D eigenvalue weighted by Crippen LogP contribution is -2.42. The number of phenols is 1. The zero-order chi connectivity index (χ0) is 22.9. The average molecular weight is 442 g/mol. The van der Waals surface area contributed by atoms with Gasteiger partial charge < -0.3 is 9.84 Å². The Balaban J connectivity index is 1.65. The predicted molar refractivity (Wildman–Crippen MR) is 104 cm³/mol. The van der Waals surface area contributed by atoms with E-state index in [0.29, 0.717) is 17.7 Å². The third-order valence-corrected chi connectivity index (χ3v) is 7.24. The van der Waals surface area contributed by atoms with Gasteiger partial charge in [0.05, 0.1) is 30.3 Å². The van der Waals surface area contributed by atoms with Gasteiger partial charge in [0, 0.05) is 5.92 Å². The smallest absolute Gasteiger partial charge is 0.258 e. The van der Waals surface area contributed by atoms with Crippen LogP contribution in [0, 0.1) is 29.6 Å². The Morgan fingerprint density at radius 2 is 1.59 bits per heavy atom. The van der Waals surface area contributed by atoms with E-state index in [1.165, 1.54) is 6.07 Å². The second kappa shape index (κ2) is 7.14. The van der Waals surface area contributed by atoms with Crippen LogP contribution in [0.2, 0.25) is 0 Å². The van der Waals surface area contributed by atoms with Gasteiger partial charge in [-0.1, -0.05) is 17.7 Å². The van der Waals surface area contributed by atoms with Gasteiger partial charge in [-0.15, -0.1) is 0 Å². The fourth-order valence-electron chi connectivity index (χ4n) is 5.93. The number of benzene rings is 1.